The van der Waals surface area contributed by atoms with E-state index in [4.69, 9.17) is 11.6 Å². The number of aliphatic hydroxyl groups is 1. The molecule has 1 N–H and O–H groups in total. The molecule has 2 heterocycles. The summed E-state index contributed by atoms with van der Waals surface area (Å²) in [5.41, 5.74) is 1.86. The van der Waals surface area contributed by atoms with Gasteiger partial charge in [0.1, 0.15) is 0 Å². The maximum atomic E-state index is 9.62. The van der Waals surface area contributed by atoms with Gasteiger partial charge in [0.25, 0.3) is 0 Å². The van der Waals surface area contributed by atoms with E-state index in [2.05, 4.69) is 22.1 Å². The Morgan fingerprint density at radius 1 is 1.32 bits per heavy atom. The predicted octanol–water partition coefficient (Wildman–Crippen LogP) is 2.51. The van der Waals surface area contributed by atoms with E-state index in [1.165, 1.54) is 12.8 Å². The first-order chi connectivity index (χ1) is 10.7. The summed E-state index contributed by atoms with van der Waals surface area (Å²) in [6.07, 6.45) is 4.29. The Bertz CT molecular complexity index is 613. The van der Waals surface area contributed by atoms with Crippen LogP contribution < -0.4 is 0 Å². The molecule has 118 valence electrons. The van der Waals surface area contributed by atoms with Gasteiger partial charge in [-0.3, -0.25) is 4.90 Å². The Morgan fingerprint density at radius 3 is 2.82 bits per heavy atom. The van der Waals surface area contributed by atoms with Crippen LogP contribution >= 0.6 is 11.6 Å². The fourth-order valence-corrected chi connectivity index (χ4v) is 3.25. The molecule has 1 aliphatic rings. The number of aromatic nitrogens is 3. The summed E-state index contributed by atoms with van der Waals surface area (Å²) in [7, 11) is 0. The van der Waals surface area contributed by atoms with E-state index in [0.717, 1.165) is 24.5 Å². The van der Waals surface area contributed by atoms with Crippen LogP contribution in [0.5, 0.6) is 0 Å². The highest BCUT2D eigenvalue weighted by Gasteiger charge is 2.28. The average Bonchev–Trinajstić information content (AvgIpc) is 2.97. The first kappa shape index (κ1) is 15.5. The third-order valence-electron chi connectivity index (χ3n) is 4.41. The summed E-state index contributed by atoms with van der Waals surface area (Å²) in [5, 5.41) is 18.8. The second-order valence-electron chi connectivity index (χ2n) is 5.97. The summed E-state index contributed by atoms with van der Waals surface area (Å²) in [4.78, 5) is 2.31. The molecule has 3 rings (SSSR count). The lowest BCUT2D eigenvalue weighted by molar-refractivity contribution is 0.0463. The van der Waals surface area contributed by atoms with Gasteiger partial charge in [0.2, 0.25) is 0 Å². The van der Waals surface area contributed by atoms with Gasteiger partial charge in [0.05, 0.1) is 24.2 Å². The third-order valence-corrected chi connectivity index (χ3v) is 4.67. The minimum Gasteiger partial charge on any atom is -0.395 e. The van der Waals surface area contributed by atoms with Crippen molar-refractivity contribution in [3.05, 3.63) is 41.2 Å². The Hall–Kier alpha value is -1.43. The fraction of sp³-hybridized carbons (Fsp3) is 0.500. The van der Waals surface area contributed by atoms with Gasteiger partial charge < -0.3 is 5.11 Å². The van der Waals surface area contributed by atoms with E-state index in [9.17, 15) is 5.11 Å². The number of aliphatic hydroxyl groups excluding tert-OH is 1. The quantitative estimate of drug-likeness (QED) is 0.940. The molecule has 2 aromatic rings. The van der Waals surface area contributed by atoms with E-state index < -0.39 is 0 Å². The molecule has 0 aliphatic carbocycles. The van der Waals surface area contributed by atoms with Crippen LogP contribution in [0.3, 0.4) is 0 Å². The van der Waals surface area contributed by atoms with Gasteiger partial charge in [-0.1, -0.05) is 23.7 Å². The molecule has 2 atom stereocenters. The SMILES string of the molecule is CC1CCCN(Cc2cn(-c3ccc(Cl)cc3)nn2)C1CO. The highest BCUT2D eigenvalue weighted by atomic mass is 35.5. The molecule has 1 saturated heterocycles. The number of piperidine rings is 1. The van der Waals surface area contributed by atoms with Crippen molar-refractivity contribution >= 4 is 11.6 Å². The number of hydrogen-bond donors (Lipinski definition) is 1. The number of hydrogen-bond acceptors (Lipinski definition) is 4. The molecule has 0 amide bonds. The van der Waals surface area contributed by atoms with Crippen LogP contribution in [0, 0.1) is 5.92 Å². The lowest BCUT2D eigenvalue weighted by atomic mass is 9.91. The molecule has 0 bridgehead atoms. The van der Waals surface area contributed by atoms with E-state index >= 15 is 0 Å². The summed E-state index contributed by atoms with van der Waals surface area (Å²) in [6.45, 7) is 4.14. The van der Waals surface area contributed by atoms with E-state index in [-0.39, 0.29) is 12.6 Å². The van der Waals surface area contributed by atoms with Crippen molar-refractivity contribution in [2.75, 3.05) is 13.2 Å². The first-order valence-corrected chi connectivity index (χ1v) is 8.07. The van der Waals surface area contributed by atoms with Gasteiger partial charge in [-0.05, 0) is 49.6 Å². The lowest BCUT2D eigenvalue weighted by Gasteiger charge is -2.38. The third kappa shape index (κ3) is 3.32. The van der Waals surface area contributed by atoms with Crippen molar-refractivity contribution in [1.82, 2.24) is 19.9 Å². The van der Waals surface area contributed by atoms with Gasteiger partial charge in [0.15, 0.2) is 0 Å². The lowest BCUT2D eigenvalue weighted by Crippen LogP contribution is -2.46. The van der Waals surface area contributed by atoms with Gasteiger partial charge in [-0.15, -0.1) is 5.10 Å². The fourth-order valence-electron chi connectivity index (χ4n) is 3.13. The number of rotatable bonds is 4. The first-order valence-electron chi connectivity index (χ1n) is 7.69. The summed E-state index contributed by atoms with van der Waals surface area (Å²) in [6, 6.07) is 7.73. The van der Waals surface area contributed by atoms with Crippen LogP contribution in [-0.2, 0) is 6.54 Å². The Labute approximate surface area is 135 Å². The average molecular weight is 321 g/mol. The van der Waals surface area contributed by atoms with E-state index in [0.29, 0.717) is 10.9 Å². The maximum absolute atomic E-state index is 9.62. The molecule has 0 saturated carbocycles. The van der Waals surface area contributed by atoms with E-state index in [1.54, 1.807) is 4.68 Å². The summed E-state index contributed by atoms with van der Waals surface area (Å²) < 4.78 is 1.76. The van der Waals surface area contributed by atoms with Crippen molar-refractivity contribution in [3.63, 3.8) is 0 Å². The topological polar surface area (TPSA) is 54.2 Å². The second-order valence-corrected chi connectivity index (χ2v) is 6.41. The zero-order valence-corrected chi connectivity index (χ0v) is 13.4. The Morgan fingerprint density at radius 2 is 2.09 bits per heavy atom. The minimum absolute atomic E-state index is 0.201. The largest absolute Gasteiger partial charge is 0.395 e. The molecular formula is C16H21ClN4O. The molecule has 1 fully saturated rings. The van der Waals surface area contributed by atoms with Crippen LogP contribution in [0.4, 0.5) is 0 Å². The molecule has 1 aromatic heterocycles. The van der Waals surface area contributed by atoms with Crippen molar-refractivity contribution in [2.24, 2.45) is 5.92 Å². The molecule has 2 unspecified atom stereocenters. The summed E-state index contributed by atoms with van der Waals surface area (Å²) in [5.74, 6) is 0.519. The predicted molar refractivity (Wildman–Crippen MR) is 86.1 cm³/mol. The summed E-state index contributed by atoms with van der Waals surface area (Å²) >= 11 is 5.90. The molecule has 5 nitrogen and oxygen atoms in total. The number of likely N-dealkylation sites (tertiary alicyclic amines) is 1. The van der Waals surface area contributed by atoms with Crippen LogP contribution in [0.25, 0.3) is 5.69 Å². The number of nitrogens with zero attached hydrogens (tertiary/aromatic N) is 4. The molecular weight excluding hydrogens is 300 g/mol. The highest BCUT2D eigenvalue weighted by Crippen LogP contribution is 2.24. The van der Waals surface area contributed by atoms with Gasteiger partial charge in [-0.25, -0.2) is 4.68 Å². The monoisotopic (exact) mass is 320 g/mol. The Balaban J connectivity index is 1.72. The van der Waals surface area contributed by atoms with Gasteiger partial charge >= 0.3 is 0 Å². The Kier molecular flexibility index (Phi) is 4.76. The van der Waals surface area contributed by atoms with Crippen molar-refractivity contribution in [2.45, 2.75) is 32.4 Å². The zero-order chi connectivity index (χ0) is 15.5. The standard InChI is InChI=1S/C16H21ClN4O/c1-12-3-2-8-20(16(12)11-22)9-14-10-21(19-18-14)15-6-4-13(17)5-7-15/h4-7,10,12,16,22H,2-3,8-9,11H2,1H3. The zero-order valence-electron chi connectivity index (χ0n) is 12.7. The van der Waals surface area contributed by atoms with Gasteiger partial charge in [0, 0.05) is 17.6 Å². The maximum Gasteiger partial charge on any atom is 0.0971 e. The molecule has 6 heteroatoms. The highest BCUT2D eigenvalue weighted by molar-refractivity contribution is 6.30. The van der Waals surface area contributed by atoms with E-state index in [1.807, 2.05) is 30.5 Å². The number of halogens is 1. The normalized spacial score (nSPS) is 22.9. The molecule has 1 aromatic carbocycles. The molecule has 0 radical (unpaired) electrons. The van der Waals surface area contributed by atoms with Gasteiger partial charge in [-0.2, -0.15) is 0 Å². The smallest absolute Gasteiger partial charge is 0.0971 e. The van der Waals surface area contributed by atoms with Crippen molar-refractivity contribution in [3.8, 4) is 5.69 Å². The number of benzene rings is 1. The van der Waals surface area contributed by atoms with Crippen LogP contribution in [-0.4, -0.2) is 44.2 Å². The van der Waals surface area contributed by atoms with Crippen LogP contribution in [0.2, 0.25) is 5.02 Å². The van der Waals surface area contributed by atoms with Crippen molar-refractivity contribution in [1.29, 1.82) is 0 Å². The molecule has 22 heavy (non-hydrogen) atoms. The van der Waals surface area contributed by atoms with Crippen LogP contribution in [0.15, 0.2) is 30.5 Å². The molecule has 1 aliphatic heterocycles. The van der Waals surface area contributed by atoms with Crippen LogP contribution in [0.1, 0.15) is 25.5 Å². The van der Waals surface area contributed by atoms with Crippen molar-refractivity contribution < 1.29 is 5.11 Å². The second kappa shape index (κ2) is 6.77. The minimum atomic E-state index is 0.201. The molecule has 0 spiro atoms.